The molecule has 0 aromatic rings. The molecule has 0 aliphatic heterocycles. The normalized spacial score (nSPS) is 17.9. The number of hydrogen-bond acceptors (Lipinski definition) is 1. The summed E-state index contributed by atoms with van der Waals surface area (Å²) >= 11 is 4.32. The van der Waals surface area contributed by atoms with Gasteiger partial charge < -0.3 is 11.8 Å². The summed E-state index contributed by atoms with van der Waals surface area (Å²) in [7, 11) is 0. The van der Waals surface area contributed by atoms with Gasteiger partial charge >= 0.3 is 51.9 Å². The van der Waals surface area contributed by atoms with Crippen molar-refractivity contribution in [3.63, 3.8) is 0 Å². The standard InChI is InChI=1S/C6H10.CN.Co/c1-2-4-6-5-3-1;1-2;/h1-5H2;;/q;-1;. The SMILES string of the molecule is [C-]#N.[Co]=[C]1CCCCC1. The molecule has 1 rings (SSSR count). The quantitative estimate of drug-likeness (QED) is 0.504. The first-order valence-electron chi connectivity index (χ1n) is 3.10. The number of hydrogen-bond donors (Lipinski definition) is 0. The molecule has 1 nitrogen and oxygen atoms in total. The zero-order chi connectivity index (χ0) is 7.11. The number of nitrogens with zero attached hydrogens (tertiary/aromatic N) is 1. The van der Waals surface area contributed by atoms with Gasteiger partial charge in [0.2, 0.25) is 0 Å². The Kier molecular flexibility index (Phi) is 5.90. The molecule has 1 aliphatic carbocycles. The van der Waals surface area contributed by atoms with Crippen LogP contribution in [-0.2, 0) is 15.3 Å². The first-order valence-corrected chi connectivity index (χ1v) is 3.62. The van der Waals surface area contributed by atoms with Gasteiger partial charge in [-0.05, 0) is 0 Å². The molecule has 1 saturated carbocycles. The van der Waals surface area contributed by atoms with Crippen molar-refractivity contribution >= 4 is 4.45 Å². The molecule has 0 heterocycles. The summed E-state index contributed by atoms with van der Waals surface area (Å²) in [5, 5.41) is 6.25. The molecule has 53 valence electrons. The van der Waals surface area contributed by atoms with Crippen molar-refractivity contribution in [2.45, 2.75) is 32.1 Å². The molecule has 1 fully saturated rings. The summed E-state index contributed by atoms with van der Waals surface area (Å²) in [6, 6.07) is 0. The number of rotatable bonds is 0. The van der Waals surface area contributed by atoms with E-state index in [4.69, 9.17) is 11.8 Å². The molecule has 0 spiro atoms. The maximum absolute atomic E-state index is 6.25. The zero-order valence-electron chi connectivity index (χ0n) is 5.32. The van der Waals surface area contributed by atoms with Gasteiger partial charge in [0.15, 0.2) is 0 Å². The molecule has 9 heavy (non-hydrogen) atoms. The Morgan fingerprint density at radius 2 is 1.56 bits per heavy atom. The van der Waals surface area contributed by atoms with Gasteiger partial charge in [0.1, 0.15) is 0 Å². The summed E-state index contributed by atoms with van der Waals surface area (Å²) in [5.74, 6) is 0. The molecule has 2 heteroatoms. The second-order valence-electron chi connectivity index (χ2n) is 2.05. The van der Waals surface area contributed by atoms with Crippen LogP contribution in [0.15, 0.2) is 0 Å². The van der Waals surface area contributed by atoms with Gasteiger partial charge in [-0.3, -0.25) is 0 Å². The Hall–Kier alpha value is -0.134. The van der Waals surface area contributed by atoms with Gasteiger partial charge in [-0.1, -0.05) is 0 Å². The third kappa shape index (κ3) is 4.37. The van der Waals surface area contributed by atoms with Gasteiger partial charge in [0.05, 0.1) is 0 Å². The van der Waals surface area contributed by atoms with Crippen molar-refractivity contribution in [1.82, 2.24) is 0 Å². The van der Waals surface area contributed by atoms with Crippen LogP contribution in [0.3, 0.4) is 0 Å². The summed E-state index contributed by atoms with van der Waals surface area (Å²) < 4.78 is 1.40. The van der Waals surface area contributed by atoms with Crippen molar-refractivity contribution in [2.24, 2.45) is 0 Å². The van der Waals surface area contributed by atoms with Crippen molar-refractivity contribution in [1.29, 1.82) is 5.26 Å². The average molecular weight is 167 g/mol. The molecule has 0 unspecified atom stereocenters. The van der Waals surface area contributed by atoms with E-state index in [2.05, 4.69) is 15.3 Å². The first kappa shape index (κ1) is 8.87. The van der Waals surface area contributed by atoms with E-state index in [1.54, 1.807) is 0 Å². The summed E-state index contributed by atoms with van der Waals surface area (Å²) in [4.78, 5) is 0. The molecule has 0 radical (unpaired) electrons. The average Bonchev–Trinajstić information content (AvgIpc) is 1.94. The van der Waals surface area contributed by atoms with Gasteiger partial charge in [-0.15, -0.1) is 0 Å². The molecule has 0 aromatic carbocycles. The second kappa shape index (κ2) is 5.99. The van der Waals surface area contributed by atoms with Crippen molar-refractivity contribution in [3.8, 4) is 0 Å². The second-order valence-corrected chi connectivity index (χ2v) is 2.78. The van der Waals surface area contributed by atoms with E-state index in [0.717, 1.165) is 0 Å². The topological polar surface area (TPSA) is 23.8 Å². The van der Waals surface area contributed by atoms with Crippen molar-refractivity contribution in [3.05, 3.63) is 6.57 Å². The van der Waals surface area contributed by atoms with E-state index < -0.39 is 0 Å². The molecule has 0 atom stereocenters. The first-order chi connectivity index (χ1) is 4.39. The minimum atomic E-state index is 1.26. The fourth-order valence-electron chi connectivity index (χ4n) is 0.920. The van der Waals surface area contributed by atoms with Crippen LogP contribution in [-0.4, -0.2) is 4.45 Å². The van der Waals surface area contributed by atoms with E-state index in [9.17, 15) is 0 Å². The molecular weight excluding hydrogens is 157 g/mol. The Morgan fingerprint density at radius 1 is 1.11 bits per heavy atom. The molecule has 0 aromatic heterocycles. The Morgan fingerprint density at radius 3 is 1.78 bits per heavy atom. The fourth-order valence-corrected chi connectivity index (χ4v) is 1.29. The van der Waals surface area contributed by atoms with Crippen LogP contribution in [0.5, 0.6) is 0 Å². The van der Waals surface area contributed by atoms with Crippen LogP contribution in [0.1, 0.15) is 32.1 Å². The van der Waals surface area contributed by atoms with Gasteiger partial charge in [-0.25, -0.2) is 0 Å². The van der Waals surface area contributed by atoms with Crippen LogP contribution in [0.4, 0.5) is 0 Å². The summed E-state index contributed by atoms with van der Waals surface area (Å²) in [6.07, 6.45) is 6.69. The van der Waals surface area contributed by atoms with E-state index in [-0.39, 0.29) is 0 Å². The Bertz CT molecular complexity index is 98.7. The molecule has 1 aliphatic rings. The van der Waals surface area contributed by atoms with Gasteiger partial charge in [-0.2, -0.15) is 0 Å². The van der Waals surface area contributed by atoms with Crippen LogP contribution in [0.2, 0.25) is 0 Å². The molecule has 0 N–H and O–H groups in total. The molecule has 0 bridgehead atoms. The fraction of sp³-hybridized carbons (Fsp3) is 0.714. The minimum absolute atomic E-state index is 1.26. The maximum atomic E-state index is 6.25. The molecular formula is C7H10CoN-. The Balaban J connectivity index is 0.000000291. The Labute approximate surface area is 64.2 Å². The van der Waals surface area contributed by atoms with E-state index >= 15 is 0 Å². The monoisotopic (exact) mass is 167 g/mol. The molecule has 0 amide bonds. The molecule has 0 saturated heterocycles. The zero-order valence-corrected chi connectivity index (χ0v) is 6.36. The van der Waals surface area contributed by atoms with Crippen LogP contribution in [0, 0.1) is 11.8 Å². The summed E-state index contributed by atoms with van der Waals surface area (Å²) in [6.45, 7) is 4.75. The third-order valence-electron chi connectivity index (χ3n) is 1.37. The predicted molar refractivity (Wildman–Crippen MR) is 33.1 cm³/mol. The van der Waals surface area contributed by atoms with Crippen molar-refractivity contribution in [2.75, 3.05) is 0 Å². The van der Waals surface area contributed by atoms with Crippen LogP contribution in [0.25, 0.3) is 0 Å². The van der Waals surface area contributed by atoms with Gasteiger partial charge in [0.25, 0.3) is 0 Å². The van der Waals surface area contributed by atoms with Crippen LogP contribution >= 0.6 is 0 Å². The van der Waals surface area contributed by atoms with E-state index in [1.807, 2.05) is 0 Å². The van der Waals surface area contributed by atoms with Crippen LogP contribution < -0.4 is 0 Å². The third-order valence-corrected chi connectivity index (χ3v) is 1.89. The predicted octanol–water partition coefficient (Wildman–Crippen LogP) is 1.77. The van der Waals surface area contributed by atoms with Gasteiger partial charge in [0, 0.05) is 0 Å². The summed E-state index contributed by atoms with van der Waals surface area (Å²) in [5.41, 5.74) is 0. The van der Waals surface area contributed by atoms with E-state index in [0.29, 0.717) is 0 Å². The van der Waals surface area contributed by atoms with Crippen molar-refractivity contribution < 1.29 is 15.3 Å². The van der Waals surface area contributed by atoms with E-state index in [1.165, 1.54) is 36.6 Å².